The number of carbonyl (C=O) groups is 2. The highest BCUT2D eigenvalue weighted by Gasteiger charge is 2.21. The summed E-state index contributed by atoms with van der Waals surface area (Å²) >= 11 is 1.47. The molecule has 4 rings (SSSR count). The number of esters is 1. The van der Waals surface area contributed by atoms with E-state index >= 15 is 0 Å². The van der Waals surface area contributed by atoms with Crippen LogP contribution in [0.15, 0.2) is 47.4 Å². The molecule has 0 atom stereocenters. The Morgan fingerprint density at radius 3 is 2.63 bits per heavy atom. The SMILES string of the molecule is O=C(CSc1ccc2c(c1)CCC2)OCC(=O)N1CCc2ccccc2C1. The first-order valence-electron chi connectivity index (χ1n) is 9.44. The number of benzene rings is 2. The molecule has 0 spiro atoms. The summed E-state index contributed by atoms with van der Waals surface area (Å²) in [6.45, 7) is 1.10. The van der Waals surface area contributed by atoms with Gasteiger partial charge in [0.2, 0.25) is 0 Å². The maximum Gasteiger partial charge on any atom is 0.316 e. The maximum absolute atomic E-state index is 12.4. The third kappa shape index (κ3) is 4.35. The molecule has 4 nitrogen and oxygen atoms in total. The summed E-state index contributed by atoms with van der Waals surface area (Å²) in [7, 11) is 0. The highest BCUT2D eigenvalue weighted by molar-refractivity contribution is 8.00. The fourth-order valence-corrected chi connectivity index (χ4v) is 4.52. The van der Waals surface area contributed by atoms with Crippen LogP contribution in [0.2, 0.25) is 0 Å². The zero-order valence-corrected chi connectivity index (χ0v) is 16.1. The molecule has 1 amide bonds. The van der Waals surface area contributed by atoms with Gasteiger partial charge in [0, 0.05) is 18.0 Å². The van der Waals surface area contributed by atoms with Crippen LogP contribution in [0.1, 0.15) is 28.7 Å². The molecular formula is C22H23NO3S. The number of hydrogen-bond acceptors (Lipinski definition) is 4. The van der Waals surface area contributed by atoms with Gasteiger partial charge in [0.15, 0.2) is 6.61 Å². The Bertz CT molecular complexity index is 864. The minimum Gasteiger partial charge on any atom is -0.455 e. The third-order valence-electron chi connectivity index (χ3n) is 5.27. The van der Waals surface area contributed by atoms with E-state index < -0.39 is 0 Å². The largest absolute Gasteiger partial charge is 0.455 e. The molecule has 2 aromatic rings. The summed E-state index contributed by atoms with van der Waals surface area (Å²) in [4.78, 5) is 27.2. The van der Waals surface area contributed by atoms with E-state index in [1.54, 1.807) is 4.90 Å². The zero-order valence-electron chi connectivity index (χ0n) is 15.3. The van der Waals surface area contributed by atoms with Crippen LogP contribution < -0.4 is 0 Å². The molecule has 1 heterocycles. The molecule has 1 aliphatic heterocycles. The normalized spacial score (nSPS) is 15.2. The number of amides is 1. The number of ether oxygens (including phenoxy) is 1. The van der Waals surface area contributed by atoms with Crippen LogP contribution in [-0.4, -0.2) is 35.7 Å². The van der Waals surface area contributed by atoms with Crippen molar-refractivity contribution >= 4 is 23.6 Å². The van der Waals surface area contributed by atoms with Crippen molar-refractivity contribution in [3.8, 4) is 0 Å². The first kappa shape index (κ1) is 18.1. The van der Waals surface area contributed by atoms with Gasteiger partial charge in [-0.1, -0.05) is 30.3 Å². The molecule has 0 bridgehead atoms. The number of hydrogen-bond donors (Lipinski definition) is 0. The fraction of sp³-hybridized carbons (Fsp3) is 0.364. The van der Waals surface area contributed by atoms with Crippen LogP contribution in [0.3, 0.4) is 0 Å². The number of fused-ring (bicyclic) bond motifs is 2. The molecule has 0 aromatic heterocycles. The lowest BCUT2D eigenvalue weighted by Crippen LogP contribution is -2.38. The summed E-state index contributed by atoms with van der Waals surface area (Å²) in [5, 5.41) is 0. The minimum absolute atomic E-state index is 0.125. The van der Waals surface area contributed by atoms with Gasteiger partial charge in [-0.3, -0.25) is 9.59 Å². The van der Waals surface area contributed by atoms with E-state index in [1.165, 1.54) is 40.4 Å². The summed E-state index contributed by atoms with van der Waals surface area (Å²) in [6.07, 6.45) is 4.35. The van der Waals surface area contributed by atoms with E-state index in [4.69, 9.17) is 4.74 Å². The second kappa shape index (κ2) is 8.17. The zero-order chi connectivity index (χ0) is 18.6. The lowest BCUT2D eigenvalue weighted by atomic mass is 10.00. The summed E-state index contributed by atoms with van der Waals surface area (Å²) < 4.78 is 5.21. The number of nitrogens with zero attached hydrogens (tertiary/aromatic N) is 1. The van der Waals surface area contributed by atoms with Gasteiger partial charge in [-0.05, 0) is 60.1 Å². The molecule has 1 aliphatic carbocycles. The Hall–Kier alpha value is -2.27. The van der Waals surface area contributed by atoms with Crippen LogP contribution >= 0.6 is 11.8 Å². The van der Waals surface area contributed by atoms with Crippen molar-refractivity contribution in [2.75, 3.05) is 18.9 Å². The molecule has 2 aliphatic rings. The standard InChI is InChI=1S/C22H23NO3S/c24-21(23-11-10-17-4-1-2-5-19(17)13-23)14-26-22(25)15-27-20-9-8-16-6-3-7-18(16)12-20/h1-2,4-5,8-9,12H,3,6-7,10-11,13-15H2. The Kier molecular flexibility index (Phi) is 5.48. The predicted molar refractivity (Wildman–Crippen MR) is 106 cm³/mol. The Balaban J connectivity index is 1.23. The molecule has 0 radical (unpaired) electrons. The molecule has 0 saturated carbocycles. The second-order valence-electron chi connectivity index (χ2n) is 7.07. The van der Waals surface area contributed by atoms with Crippen LogP contribution in [0.25, 0.3) is 0 Å². The van der Waals surface area contributed by atoms with E-state index in [9.17, 15) is 9.59 Å². The molecule has 0 N–H and O–H groups in total. The van der Waals surface area contributed by atoms with E-state index in [0.29, 0.717) is 13.1 Å². The van der Waals surface area contributed by atoms with Crippen LogP contribution in [-0.2, 0) is 40.1 Å². The fourth-order valence-electron chi connectivity index (χ4n) is 3.76. The van der Waals surface area contributed by atoms with E-state index in [1.807, 2.05) is 18.2 Å². The van der Waals surface area contributed by atoms with Crippen LogP contribution in [0.5, 0.6) is 0 Å². The molecule has 0 saturated heterocycles. The Morgan fingerprint density at radius 2 is 1.74 bits per heavy atom. The summed E-state index contributed by atoms with van der Waals surface area (Å²) in [5.74, 6) is -0.235. The van der Waals surface area contributed by atoms with Crippen LogP contribution in [0.4, 0.5) is 0 Å². The molecule has 5 heteroatoms. The van der Waals surface area contributed by atoms with Crippen molar-refractivity contribution in [1.29, 1.82) is 0 Å². The maximum atomic E-state index is 12.4. The van der Waals surface area contributed by atoms with Gasteiger partial charge in [0.1, 0.15) is 0 Å². The molecular weight excluding hydrogens is 358 g/mol. The summed E-state index contributed by atoms with van der Waals surface area (Å²) in [5.41, 5.74) is 5.30. The molecule has 0 unspecified atom stereocenters. The van der Waals surface area contributed by atoms with Crippen LogP contribution in [0, 0.1) is 0 Å². The van der Waals surface area contributed by atoms with E-state index in [-0.39, 0.29) is 24.2 Å². The lowest BCUT2D eigenvalue weighted by Gasteiger charge is -2.28. The molecule has 2 aromatic carbocycles. The van der Waals surface area contributed by atoms with Gasteiger partial charge in [-0.15, -0.1) is 11.8 Å². The topological polar surface area (TPSA) is 46.6 Å². The number of rotatable bonds is 5. The number of thioether (sulfide) groups is 1. The first-order valence-corrected chi connectivity index (χ1v) is 10.4. The Labute approximate surface area is 163 Å². The van der Waals surface area contributed by atoms with Gasteiger partial charge < -0.3 is 9.64 Å². The predicted octanol–water partition coefficient (Wildman–Crippen LogP) is 3.40. The monoisotopic (exact) mass is 381 g/mol. The van der Waals surface area contributed by atoms with Crippen molar-refractivity contribution < 1.29 is 14.3 Å². The smallest absolute Gasteiger partial charge is 0.316 e. The van der Waals surface area contributed by atoms with Gasteiger partial charge in [0.05, 0.1) is 5.75 Å². The van der Waals surface area contributed by atoms with Gasteiger partial charge in [-0.25, -0.2) is 0 Å². The van der Waals surface area contributed by atoms with Gasteiger partial charge in [-0.2, -0.15) is 0 Å². The quantitative estimate of drug-likeness (QED) is 0.588. The first-order chi connectivity index (χ1) is 13.2. The van der Waals surface area contributed by atoms with Gasteiger partial charge in [0.25, 0.3) is 5.91 Å². The lowest BCUT2D eigenvalue weighted by molar-refractivity contribution is -0.150. The highest BCUT2D eigenvalue weighted by Crippen LogP contribution is 2.27. The highest BCUT2D eigenvalue weighted by atomic mass is 32.2. The van der Waals surface area contributed by atoms with Crippen molar-refractivity contribution in [3.05, 3.63) is 64.7 Å². The average Bonchev–Trinajstić information content (AvgIpc) is 3.18. The number of carbonyl (C=O) groups excluding carboxylic acids is 2. The average molecular weight is 381 g/mol. The van der Waals surface area contributed by atoms with Crippen molar-refractivity contribution in [3.63, 3.8) is 0 Å². The van der Waals surface area contributed by atoms with Crippen molar-refractivity contribution in [1.82, 2.24) is 4.90 Å². The molecule has 140 valence electrons. The minimum atomic E-state index is -0.341. The molecule has 0 fully saturated rings. The number of aryl methyl sites for hydroxylation is 2. The third-order valence-corrected chi connectivity index (χ3v) is 6.23. The van der Waals surface area contributed by atoms with E-state index in [2.05, 4.69) is 24.3 Å². The van der Waals surface area contributed by atoms with Crippen molar-refractivity contribution in [2.24, 2.45) is 0 Å². The Morgan fingerprint density at radius 1 is 0.963 bits per heavy atom. The van der Waals surface area contributed by atoms with Crippen molar-refractivity contribution in [2.45, 2.75) is 37.1 Å². The second-order valence-corrected chi connectivity index (χ2v) is 8.12. The molecule has 27 heavy (non-hydrogen) atoms. The van der Waals surface area contributed by atoms with Gasteiger partial charge >= 0.3 is 5.97 Å². The van der Waals surface area contributed by atoms with E-state index in [0.717, 1.165) is 24.2 Å². The summed E-state index contributed by atoms with van der Waals surface area (Å²) in [6, 6.07) is 14.6.